The Balaban J connectivity index is 2.48. The molecule has 0 saturated heterocycles. The number of hydrogen-bond donors (Lipinski definition) is 1. The number of carbonyl (C=O) groups excluding carboxylic acids is 2. The lowest BCUT2D eigenvalue weighted by molar-refractivity contribution is -0.142. The molecule has 0 fully saturated rings. The number of halogens is 1. The van der Waals surface area contributed by atoms with E-state index in [0.29, 0.717) is 12.2 Å². The van der Waals surface area contributed by atoms with E-state index in [1.54, 1.807) is 6.92 Å². The van der Waals surface area contributed by atoms with Crippen molar-refractivity contribution < 1.29 is 9.59 Å². The largest absolute Gasteiger partial charge is 0.377 e. The van der Waals surface area contributed by atoms with Gasteiger partial charge in [0.25, 0.3) is 0 Å². The molecule has 2 aromatic rings. The van der Waals surface area contributed by atoms with Gasteiger partial charge in [0.2, 0.25) is 11.8 Å². The van der Waals surface area contributed by atoms with Gasteiger partial charge in [-0.25, -0.2) is 0 Å². The van der Waals surface area contributed by atoms with E-state index >= 15 is 0 Å². The second-order valence-electron chi connectivity index (χ2n) is 9.11. The quantitative estimate of drug-likeness (QED) is 0.578. The first-order chi connectivity index (χ1) is 14.4. The van der Waals surface area contributed by atoms with Crippen LogP contribution in [0.1, 0.15) is 51.8 Å². The predicted octanol–water partition coefficient (Wildman–Crippen LogP) is 5.45. The highest BCUT2D eigenvalue weighted by atomic mass is 35.5. The Hall–Kier alpha value is -2.53. The van der Waals surface area contributed by atoms with E-state index in [-0.39, 0.29) is 17.9 Å². The number of nitrogens with zero attached hydrogens (tertiary/aromatic N) is 2. The van der Waals surface area contributed by atoms with E-state index in [1.165, 1.54) is 0 Å². The molecule has 0 radical (unpaired) electrons. The summed E-state index contributed by atoms with van der Waals surface area (Å²) in [5.74, 6) is -0.192. The van der Waals surface area contributed by atoms with Gasteiger partial charge in [0.05, 0.1) is 6.04 Å². The number of benzene rings is 2. The molecule has 0 spiro atoms. The van der Waals surface area contributed by atoms with Crippen LogP contribution in [0.25, 0.3) is 0 Å². The van der Waals surface area contributed by atoms with Gasteiger partial charge >= 0.3 is 0 Å². The highest BCUT2D eigenvalue weighted by molar-refractivity contribution is 6.32. The van der Waals surface area contributed by atoms with Crippen molar-refractivity contribution in [1.29, 1.82) is 0 Å². The maximum Gasteiger partial charge on any atom is 0.242 e. The van der Waals surface area contributed by atoms with Crippen molar-refractivity contribution in [2.45, 2.75) is 52.6 Å². The highest BCUT2D eigenvalue weighted by Gasteiger charge is 2.31. The SMILES string of the molecule is C[C@H](Cl)C(=O)Nc1ccc(N(C)C)c(CN(C(=O)C(C)(C)C)[C@H](C)c2ccccc2)c1. The molecule has 0 heterocycles. The Labute approximate surface area is 191 Å². The molecule has 2 aromatic carbocycles. The maximum absolute atomic E-state index is 13.4. The monoisotopic (exact) mass is 443 g/mol. The zero-order valence-corrected chi connectivity index (χ0v) is 20.3. The molecule has 0 aromatic heterocycles. The molecule has 0 bridgehead atoms. The summed E-state index contributed by atoms with van der Waals surface area (Å²) in [4.78, 5) is 29.4. The molecule has 0 unspecified atom stereocenters. The summed E-state index contributed by atoms with van der Waals surface area (Å²) in [6, 6.07) is 15.7. The Bertz CT molecular complexity index is 905. The number of hydrogen-bond acceptors (Lipinski definition) is 3. The molecular weight excluding hydrogens is 410 g/mol. The zero-order valence-electron chi connectivity index (χ0n) is 19.6. The average molecular weight is 444 g/mol. The summed E-state index contributed by atoms with van der Waals surface area (Å²) in [7, 11) is 3.93. The van der Waals surface area contributed by atoms with Crippen molar-refractivity contribution in [3.05, 3.63) is 59.7 Å². The lowest BCUT2D eigenvalue weighted by Gasteiger charge is -2.35. The molecule has 5 nitrogen and oxygen atoms in total. The van der Waals surface area contributed by atoms with E-state index in [4.69, 9.17) is 11.6 Å². The van der Waals surface area contributed by atoms with Crippen molar-refractivity contribution in [2.75, 3.05) is 24.3 Å². The molecule has 2 rings (SSSR count). The van der Waals surface area contributed by atoms with Crippen LogP contribution in [-0.4, -0.2) is 36.2 Å². The number of rotatable bonds is 7. The number of carbonyl (C=O) groups is 2. The fourth-order valence-electron chi connectivity index (χ4n) is 3.38. The summed E-state index contributed by atoms with van der Waals surface area (Å²) < 4.78 is 0. The van der Waals surface area contributed by atoms with Crippen LogP contribution < -0.4 is 10.2 Å². The van der Waals surface area contributed by atoms with Gasteiger partial charge in [0.1, 0.15) is 5.38 Å². The van der Waals surface area contributed by atoms with Crippen LogP contribution in [0, 0.1) is 5.41 Å². The fraction of sp³-hybridized carbons (Fsp3) is 0.440. The number of amides is 2. The van der Waals surface area contributed by atoms with Gasteiger partial charge in [-0.15, -0.1) is 11.6 Å². The maximum atomic E-state index is 13.4. The standard InChI is InChI=1S/C25H34ClN3O2/c1-17(26)23(30)27-21-13-14-22(28(6)7)20(15-21)16-29(24(31)25(3,4)5)18(2)19-11-9-8-10-12-19/h8-15,17-18H,16H2,1-7H3,(H,27,30)/t17-,18+/m0/s1. The second-order valence-corrected chi connectivity index (χ2v) is 9.77. The van der Waals surface area contributed by atoms with Crippen molar-refractivity contribution in [3.63, 3.8) is 0 Å². The smallest absolute Gasteiger partial charge is 0.242 e. The Morgan fingerprint density at radius 2 is 1.65 bits per heavy atom. The van der Waals surface area contributed by atoms with Gasteiger partial charge in [-0.05, 0) is 43.2 Å². The molecule has 0 aliphatic carbocycles. The first-order valence-corrected chi connectivity index (χ1v) is 11.0. The molecule has 0 aliphatic heterocycles. The fourth-order valence-corrected chi connectivity index (χ4v) is 3.43. The third-order valence-corrected chi connectivity index (χ3v) is 5.38. The molecule has 168 valence electrons. The van der Waals surface area contributed by atoms with Crippen LogP contribution in [0.3, 0.4) is 0 Å². The molecule has 0 aliphatic rings. The minimum absolute atomic E-state index is 0.0670. The van der Waals surface area contributed by atoms with Crippen molar-refractivity contribution in [2.24, 2.45) is 5.41 Å². The van der Waals surface area contributed by atoms with Crippen LogP contribution in [0.5, 0.6) is 0 Å². The summed E-state index contributed by atoms with van der Waals surface area (Å²) >= 11 is 5.91. The highest BCUT2D eigenvalue weighted by Crippen LogP contribution is 2.32. The Kier molecular flexibility index (Phi) is 8.13. The van der Waals surface area contributed by atoms with E-state index in [9.17, 15) is 9.59 Å². The van der Waals surface area contributed by atoms with Gasteiger partial charge in [0.15, 0.2) is 0 Å². The summed E-state index contributed by atoms with van der Waals surface area (Å²) in [6.07, 6.45) is 0. The van der Waals surface area contributed by atoms with Gasteiger partial charge < -0.3 is 15.1 Å². The Morgan fingerprint density at radius 3 is 2.16 bits per heavy atom. The third-order valence-electron chi connectivity index (χ3n) is 5.18. The first kappa shape index (κ1) is 24.7. The number of anilines is 2. The average Bonchev–Trinajstić information content (AvgIpc) is 2.70. The number of nitrogens with one attached hydrogen (secondary N) is 1. The summed E-state index contributed by atoms with van der Waals surface area (Å²) in [5, 5.41) is 2.22. The molecular formula is C25H34ClN3O2. The molecule has 2 atom stereocenters. The summed E-state index contributed by atoms with van der Waals surface area (Å²) in [5.41, 5.74) is 3.15. The molecule has 31 heavy (non-hydrogen) atoms. The van der Waals surface area contributed by atoms with Crippen molar-refractivity contribution in [1.82, 2.24) is 4.90 Å². The lowest BCUT2D eigenvalue weighted by atomic mass is 9.92. The normalized spacial score (nSPS) is 13.3. The minimum Gasteiger partial charge on any atom is -0.377 e. The lowest BCUT2D eigenvalue weighted by Crippen LogP contribution is -2.40. The van der Waals surface area contributed by atoms with E-state index in [2.05, 4.69) is 12.2 Å². The molecule has 6 heteroatoms. The van der Waals surface area contributed by atoms with Gasteiger partial charge in [-0.1, -0.05) is 51.1 Å². The van der Waals surface area contributed by atoms with Crippen molar-refractivity contribution in [3.8, 4) is 0 Å². The molecule has 0 saturated carbocycles. The van der Waals surface area contributed by atoms with Gasteiger partial charge in [-0.3, -0.25) is 9.59 Å². The van der Waals surface area contributed by atoms with Crippen LogP contribution in [-0.2, 0) is 16.1 Å². The number of alkyl halides is 1. The second kappa shape index (κ2) is 10.2. The van der Waals surface area contributed by atoms with E-state index in [1.807, 2.05) is 93.2 Å². The minimum atomic E-state index is -0.631. The Morgan fingerprint density at radius 1 is 1.03 bits per heavy atom. The van der Waals surface area contributed by atoms with Crippen molar-refractivity contribution >= 4 is 34.8 Å². The van der Waals surface area contributed by atoms with E-state index < -0.39 is 10.8 Å². The van der Waals surface area contributed by atoms with Gasteiger partial charge in [0, 0.05) is 37.4 Å². The third kappa shape index (κ3) is 6.47. The van der Waals surface area contributed by atoms with E-state index in [0.717, 1.165) is 16.8 Å². The van der Waals surface area contributed by atoms with Gasteiger partial charge in [-0.2, -0.15) is 0 Å². The predicted molar refractivity (Wildman–Crippen MR) is 130 cm³/mol. The summed E-state index contributed by atoms with van der Waals surface area (Å²) in [6.45, 7) is 9.91. The molecule has 2 amide bonds. The van der Waals surface area contributed by atoms with Crippen LogP contribution >= 0.6 is 11.6 Å². The van der Waals surface area contributed by atoms with Crippen LogP contribution in [0.4, 0.5) is 11.4 Å². The molecule has 1 N–H and O–H groups in total. The zero-order chi connectivity index (χ0) is 23.3. The van der Waals surface area contributed by atoms with Crippen LogP contribution in [0.15, 0.2) is 48.5 Å². The first-order valence-electron chi connectivity index (χ1n) is 10.5. The van der Waals surface area contributed by atoms with Crippen LogP contribution in [0.2, 0.25) is 0 Å². The topological polar surface area (TPSA) is 52.7 Å².